The van der Waals surface area contributed by atoms with Crippen molar-refractivity contribution in [3.63, 3.8) is 0 Å². The Bertz CT molecular complexity index is 819. The molecule has 1 atom stereocenters. The standard InChI is InChI=1S/C14H15F3N2O3S2/c1-9(7-20)19(2)24(21,22)12-8-23-18-13(12)10-4-3-5-11(6-10)14(15,16)17/h3-6,8-9,20H,7H2,1-2H3/t9-/m0/s1. The van der Waals surface area contributed by atoms with Crippen LogP contribution in [0.3, 0.4) is 0 Å². The maximum absolute atomic E-state index is 12.9. The van der Waals surface area contributed by atoms with Crippen LogP contribution in [0.5, 0.6) is 0 Å². The van der Waals surface area contributed by atoms with Crippen LogP contribution in [-0.2, 0) is 16.2 Å². The highest BCUT2D eigenvalue weighted by Gasteiger charge is 2.32. The number of halogens is 3. The molecule has 132 valence electrons. The first-order valence-electron chi connectivity index (χ1n) is 6.80. The Hall–Kier alpha value is -1.49. The van der Waals surface area contributed by atoms with Gasteiger partial charge in [0.15, 0.2) is 0 Å². The molecule has 1 N–H and O–H groups in total. The van der Waals surface area contributed by atoms with Crippen LogP contribution in [0.15, 0.2) is 34.5 Å². The van der Waals surface area contributed by atoms with E-state index in [2.05, 4.69) is 4.37 Å². The second kappa shape index (κ2) is 6.79. The molecule has 0 spiro atoms. The van der Waals surface area contributed by atoms with Crippen molar-refractivity contribution in [3.05, 3.63) is 35.2 Å². The van der Waals surface area contributed by atoms with Gasteiger partial charge in [-0.05, 0) is 30.6 Å². The molecule has 0 saturated carbocycles. The molecule has 2 rings (SSSR count). The molecule has 0 aliphatic rings. The number of likely N-dealkylation sites (N-methyl/N-ethyl adjacent to an activating group) is 1. The van der Waals surface area contributed by atoms with Gasteiger partial charge in [-0.2, -0.15) is 21.9 Å². The Balaban J connectivity index is 2.52. The lowest BCUT2D eigenvalue weighted by molar-refractivity contribution is -0.137. The van der Waals surface area contributed by atoms with Gasteiger partial charge in [-0.3, -0.25) is 0 Å². The van der Waals surface area contributed by atoms with E-state index in [-0.39, 0.29) is 22.8 Å². The van der Waals surface area contributed by atoms with E-state index in [0.717, 1.165) is 28.0 Å². The number of alkyl halides is 3. The number of hydrogen-bond donors (Lipinski definition) is 1. The van der Waals surface area contributed by atoms with Crippen molar-refractivity contribution in [2.24, 2.45) is 0 Å². The van der Waals surface area contributed by atoms with Crippen molar-refractivity contribution >= 4 is 21.6 Å². The van der Waals surface area contributed by atoms with Crippen molar-refractivity contribution < 1.29 is 26.7 Å². The molecular formula is C14H15F3N2O3S2. The summed E-state index contributed by atoms with van der Waals surface area (Å²) in [6.07, 6.45) is -4.53. The molecule has 0 unspecified atom stereocenters. The van der Waals surface area contributed by atoms with E-state index in [4.69, 9.17) is 5.11 Å². The van der Waals surface area contributed by atoms with Crippen molar-refractivity contribution in [1.29, 1.82) is 0 Å². The zero-order chi connectivity index (χ0) is 18.1. The summed E-state index contributed by atoms with van der Waals surface area (Å²) in [6.45, 7) is 1.13. The summed E-state index contributed by atoms with van der Waals surface area (Å²) in [7, 11) is -2.70. The van der Waals surface area contributed by atoms with Gasteiger partial charge in [0.1, 0.15) is 10.6 Å². The molecule has 2 aromatic rings. The van der Waals surface area contributed by atoms with Crippen molar-refractivity contribution in [3.8, 4) is 11.3 Å². The number of nitrogens with zero attached hydrogens (tertiary/aromatic N) is 2. The van der Waals surface area contributed by atoms with Crippen LogP contribution < -0.4 is 0 Å². The van der Waals surface area contributed by atoms with Gasteiger partial charge in [-0.25, -0.2) is 8.42 Å². The van der Waals surface area contributed by atoms with Gasteiger partial charge in [0.05, 0.1) is 12.2 Å². The third-order valence-electron chi connectivity index (χ3n) is 3.54. The molecule has 0 radical (unpaired) electrons. The molecule has 0 fully saturated rings. The first-order chi connectivity index (χ1) is 11.1. The lowest BCUT2D eigenvalue weighted by atomic mass is 10.1. The monoisotopic (exact) mass is 380 g/mol. The van der Waals surface area contributed by atoms with E-state index in [1.807, 2.05) is 0 Å². The highest BCUT2D eigenvalue weighted by Crippen LogP contribution is 2.35. The van der Waals surface area contributed by atoms with Crippen LogP contribution in [0.1, 0.15) is 12.5 Å². The first-order valence-corrected chi connectivity index (χ1v) is 9.07. The lowest BCUT2D eigenvalue weighted by Gasteiger charge is -2.22. The van der Waals surface area contributed by atoms with Gasteiger partial charge >= 0.3 is 6.18 Å². The first kappa shape index (κ1) is 18.8. The highest BCUT2D eigenvalue weighted by atomic mass is 32.2. The topological polar surface area (TPSA) is 70.5 Å². The summed E-state index contributed by atoms with van der Waals surface area (Å²) in [5.74, 6) is 0. The largest absolute Gasteiger partial charge is 0.416 e. The maximum atomic E-state index is 12.9. The van der Waals surface area contributed by atoms with Gasteiger partial charge in [-0.15, -0.1) is 0 Å². The quantitative estimate of drug-likeness (QED) is 0.866. The molecule has 0 aliphatic heterocycles. The summed E-state index contributed by atoms with van der Waals surface area (Å²) in [6, 6.07) is 3.67. The summed E-state index contributed by atoms with van der Waals surface area (Å²) in [5.41, 5.74) is -0.855. The molecule has 0 aliphatic carbocycles. The van der Waals surface area contributed by atoms with Crippen LogP contribution >= 0.6 is 11.5 Å². The van der Waals surface area contributed by atoms with E-state index < -0.39 is 27.8 Å². The summed E-state index contributed by atoms with van der Waals surface area (Å²) in [5, 5.41) is 10.4. The minimum absolute atomic E-state index is 0.0388. The minimum Gasteiger partial charge on any atom is -0.395 e. The predicted octanol–water partition coefficient (Wildman–Crippen LogP) is 2.83. The van der Waals surface area contributed by atoms with E-state index >= 15 is 0 Å². The van der Waals surface area contributed by atoms with E-state index in [1.54, 1.807) is 0 Å². The number of hydrogen-bond acceptors (Lipinski definition) is 5. The highest BCUT2D eigenvalue weighted by molar-refractivity contribution is 7.89. The van der Waals surface area contributed by atoms with Crippen LogP contribution in [0.2, 0.25) is 0 Å². The average molecular weight is 380 g/mol. The predicted molar refractivity (Wildman–Crippen MR) is 84.0 cm³/mol. The zero-order valence-electron chi connectivity index (χ0n) is 12.8. The molecule has 0 bridgehead atoms. The maximum Gasteiger partial charge on any atom is 0.416 e. The van der Waals surface area contributed by atoms with E-state index in [0.29, 0.717) is 0 Å². The number of aliphatic hydroxyl groups excluding tert-OH is 1. The minimum atomic E-state index is -4.53. The van der Waals surface area contributed by atoms with Gasteiger partial charge in [0, 0.05) is 24.0 Å². The molecule has 5 nitrogen and oxygen atoms in total. The van der Waals surface area contributed by atoms with Crippen LogP contribution in [-0.4, -0.2) is 41.9 Å². The molecule has 1 aromatic heterocycles. The fourth-order valence-corrected chi connectivity index (χ4v) is 4.46. The Labute approximate surface area is 141 Å². The molecule has 1 heterocycles. The number of rotatable bonds is 5. The number of aliphatic hydroxyl groups is 1. The molecular weight excluding hydrogens is 365 g/mol. The smallest absolute Gasteiger partial charge is 0.395 e. The third kappa shape index (κ3) is 3.61. The molecule has 24 heavy (non-hydrogen) atoms. The SMILES string of the molecule is C[C@@H](CO)N(C)S(=O)(=O)c1csnc1-c1cccc(C(F)(F)F)c1. The molecule has 1 aromatic carbocycles. The zero-order valence-corrected chi connectivity index (χ0v) is 14.4. The van der Waals surface area contributed by atoms with Gasteiger partial charge in [0.25, 0.3) is 0 Å². The van der Waals surface area contributed by atoms with Crippen molar-refractivity contribution in [2.75, 3.05) is 13.7 Å². The van der Waals surface area contributed by atoms with Crippen LogP contribution in [0.25, 0.3) is 11.3 Å². The van der Waals surface area contributed by atoms with Gasteiger partial charge < -0.3 is 5.11 Å². The van der Waals surface area contributed by atoms with Gasteiger partial charge in [0.2, 0.25) is 10.0 Å². The van der Waals surface area contributed by atoms with E-state index in [1.165, 1.54) is 31.5 Å². The average Bonchev–Trinajstić information content (AvgIpc) is 3.03. The Morgan fingerprint density at radius 3 is 2.62 bits per heavy atom. The Morgan fingerprint density at radius 2 is 2.04 bits per heavy atom. The summed E-state index contributed by atoms with van der Waals surface area (Å²) < 4.78 is 68.7. The lowest BCUT2D eigenvalue weighted by Crippen LogP contribution is -2.37. The second-order valence-electron chi connectivity index (χ2n) is 5.16. The number of benzene rings is 1. The van der Waals surface area contributed by atoms with Gasteiger partial charge in [-0.1, -0.05) is 12.1 Å². The fourth-order valence-electron chi connectivity index (χ4n) is 1.96. The van der Waals surface area contributed by atoms with Crippen molar-refractivity contribution in [2.45, 2.75) is 24.0 Å². The van der Waals surface area contributed by atoms with Crippen molar-refractivity contribution in [1.82, 2.24) is 8.68 Å². The van der Waals surface area contributed by atoms with E-state index in [9.17, 15) is 21.6 Å². The normalized spacial score (nSPS) is 14.1. The molecule has 0 amide bonds. The number of aromatic nitrogens is 1. The van der Waals surface area contributed by atoms with Crippen LogP contribution in [0, 0.1) is 0 Å². The summed E-state index contributed by atoms with van der Waals surface area (Å²) >= 11 is 0.838. The third-order valence-corrected chi connectivity index (χ3v) is 6.31. The Morgan fingerprint density at radius 1 is 1.38 bits per heavy atom. The Kier molecular flexibility index (Phi) is 5.33. The summed E-state index contributed by atoms with van der Waals surface area (Å²) in [4.78, 5) is -0.186. The van der Waals surface area contributed by atoms with Crippen LogP contribution in [0.4, 0.5) is 13.2 Å². The molecule has 0 saturated heterocycles. The molecule has 10 heteroatoms. The number of sulfonamides is 1. The second-order valence-corrected chi connectivity index (χ2v) is 7.75. The fraction of sp³-hybridized carbons (Fsp3) is 0.357.